The maximum Gasteiger partial charge on any atom is 0.259 e. The maximum absolute atomic E-state index is 12.8. The molecule has 1 aliphatic rings. The summed E-state index contributed by atoms with van der Waals surface area (Å²) >= 11 is 0. The van der Waals surface area contributed by atoms with E-state index in [4.69, 9.17) is 0 Å². The van der Waals surface area contributed by atoms with Crippen LogP contribution in [-0.2, 0) is 0 Å². The smallest absolute Gasteiger partial charge is 0.259 e. The summed E-state index contributed by atoms with van der Waals surface area (Å²) in [5.41, 5.74) is 0.459. The Morgan fingerprint density at radius 1 is 0.889 bits per heavy atom. The molecule has 0 unspecified atom stereocenters. The van der Waals surface area contributed by atoms with E-state index in [1.54, 1.807) is 0 Å². The molecule has 3 aromatic carbocycles. The van der Waals surface area contributed by atoms with Gasteiger partial charge in [-0.1, -0.05) is 36.4 Å². The van der Waals surface area contributed by atoms with Crippen molar-refractivity contribution in [1.29, 1.82) is 0 Å². The first-order valence-corrected chi connectivity index (χ1v) is 8.59. The number of anilines is 1. The van der Waals surface area contributed by atoms with Gasteiger partial charge in [0.25, 0.3) is 5.56 Å². The molecule has 2 heterocycles. The van der Waals surface area contributed by atoms with Crippen molar-refractivity contribution in [2.24, 2.45) is 9.98 Å². The first-order chi connectivity index (χ1) is 13.1. The number of aromatic hydroxyl groups is 1. The largest absolute Gasteiger partial charge is 0.494 e. The van der Waals surface area contributed by atoms with Crippen molar-refractivity contribution in [3.05, 3.63) is 74.8 Å². The van der Waals surface area contributed by atoms with E-state index < -0.39 is 0 Å². The molecule has 0 fully saturated rings. The zero-order valence-electron chi connectivity index (χ0n) is 14.8. The van der Waals surface area contributed by atoms with Crippen molar-refractivity contribution in [2.45, 2.75) is 0 Å². The lowest BCUT2D eigenvalue weighted by Gasteiger charge is -2.20. The fourth-order valence-corrected chi connectivity index (χ4v) is 3.83. The van der Waals surface area contributed by atoms with Gasteiger partial charge in [-0.15, -0.1) is 0 Å². The van der Waals surface area contributed by atoms with Gasteiger partial charge in [0.2, 0.25) is 5.88 Å². The molecule has 1 aliphatic heterocycles. The van der Waals surface area contributed by atoms with Crippen LogP contribution in [0.5, 0.6) is 5.88 Å². The number of aromatic amines is 1. The number of hydrogen-bond donors (Lipinski definition) is 2. The minimum atomic E-state index is -0.356. The Balaban J connectivity index is 2.17. The third-order valence-electron chi connectivity index (χ3n) is 4.89. The van der Waals surface area contributed by atoms with Crippen molar-refractivity contribution in [2.75, 3.05) is 19.0 Å². The van der Waals surface area contributed by atoms with Gasteiger partial charge in [-0.05, 0) is 17.5 Å². The first-order valence-electron chi connectivity index (χ1n) is 8.59. The van der Waals surface area contributed by atoms with Gasteiger partial charge in [0.1, 0.15) is 0 Å². The van der Waals surface area contributed by atoms with Gasteiger partial charge in [-0.2, -0.15) is 0 Å². The molecule has 0 aliphatic carbocycles. The van der Waals surface area contributed by atoms with E-state index >= 15 is 0 Å². The Morgan fingerprint density at radius 3 is 2.11 bits per heavy atom. The summed E-state index contributed by atoms with van der Waals surface area (Å²) in [6.45, 7) is 0. The number of nitrogens with one attached hydrogen (secondary N) is 1. The van der Waals surface area contributed by atoms with E-state index in [0.717, 1.165) is 27.2 Å². The van der Waals surface area contributed by atoms with Crippen molar-refractivity contribution in [1.82, 2.24) is 4.98 Å². The second kappa shape index (κ2) is 5.41. The van der Waals surface area contributed by atoms with Crippen LogP contribution in [0.2, 0.25) is 0 Å². The van der Waals surface area contributed by atoms with Crippen LogP contribution >= 0.6 is 0 Å². The fourth-order valence-electron chi connectivity index (χ4n) is 3.83. The summed E-state index contributed by atoms with van der Waals surface area (Å²) in [4.78, 5) is 26.6. The van der Waals surface area contributed by atoms with Crippen molar-refractivity contribution >= 4 is 33.1 Å². The van der Waals surface area contributed by atoms with Gasteiger partial charge in [0.15, 0.2) is 5.82 Å². The van der Waals surface area contributed by atoms with Crippen LogP contribution in [0.3, 0.4) is 0 Å². The Labute approximate surface area is 153 Å². The molecule has 27 heavy (non-hydrogen) atoms. The zero-order chi connectivity index (χ0) is 18.7. The number of fused-ring (bicyclic) bond motifs is 5. The second-order valence-corrected chi connectivity index (χ2v) is 6.75. The summed E-state index contributed by atoms with van der Waals surface area (Å²) in [7, 11) is 3.82. The second-order valence-electron chi connectivity index (χ2n) is 6.75. The maximum atomic E-state index is 12.8. The molecular weight excluding hydrogens is 340 g/mol. The van der Waals surface area contributed by atoms with Crippen LogP contribution in [0.25, 0.3) is 27.4 Å². The topological polar surface area (TPSA) is 81.0 Å². The average molecular weight is 356 g/mol. The summed E-state index contributed by atoms with van der Waals surface area (Å²) < 4.78 is 0. The minimum absolute atomic E-state index is 0.175. The van der Waals surface area contributed by atoms with E-state index in [-0.39, 0.29) is 11.4 Å². The minimum Gasteiger partial charge on any atom is -0.494 e. The summed E-state index contributed by atoms with van der Waals surface area (Å²) in [6, 6.07) is 15.3. The Kier molecular flexibility index (Phi) is 3.12. The number of aromatic nitrogens is 1. The predicted octanol–water partition coefficient (Wildman–Crippen LogP) is 1.19. The Bertz CT molecular complexity index is 1450. The molecule has 2 bridgehead atoms. The van der Waals surface area contributed by atoms with Gasteiger partial charge in [0, 0.05) is 24.7 Å². The molecular formula is C21H16N4O2. The molecule has 6 heteroatoms. The molecule has 6 nitrogen and oxygen atoms in total. The zero-order valence-corrected chi connectivity index (χ0v) is 14.8. The SMILES string of the molecule is CN(C)c1c2c(O)[nH]c(=O)c(c2=C2N=c3ccccc3=N2)c2ccccc12. The fraction of sp³-hybridized carbons (Fsp3) is 0.0952. The highest BCUT2D eigenvalue weighted by molar-refractivity contribution is 6.14. The molecule has 0 radical (unpaired) electrons. The molecule has 2 N–H and O–H groups in total. The number of para-hydroxylation sites is 2. The van der Waals surface area contributed by atoms with Gasteiger partial charge in [-0.3, -0.25) is 9.78 Å². The van der Waals surface area contributed by atoms with Crippen LogP contribution < -0.4 is 26.4 Å². The molecule has 0 atom stereocenters. The molecule has 0 saturated heterocycles. The lowest BCUT2D eigenvalue weighted by atomic mass is 9.98. The van der Waals surface area contributed by atoms with Gasteiger partial charge in [0.05, 0.1) is 27.2 Å². The molecule has 0 saturated carbocycles. The molecule has 1 aromatic heterocycles. The number of H-pyrrole nitrogens is 1. The number of hydrogen-bond acceptors (Lipinski definition) is 5. The quantitative estimate of drug-likeness (QED) is 0.538. The van der Waals surface area contributed by atoms with Crippen LogP contribution in [0.1, 0.15) is 0 Å². The Morgan fingerprint density at radius 2 is 1.48 bits per heavy atom. The van der Waals surface area contributed by atoms with E-state index in [2.05, 4.69) is 15.0 Å². The summed E-state index contributed by atoms with van der Waals surface area (Å²) in [6.07, 6.45) is 0. The van der Waals surface area contributed by atoms with Crippen LogP contribution in [-0.4, -0.2) is 24.2 Å². The highest BCUT2D eigenvalue weighted by atomic mass is 16.3. The molecule has 5 rings (SSSR count). The number of nitrogens with zero attached hydrogens (tertiary/aromatic N) is 3. The monoisotopic (exact) mass is 356 g/mol. The first kappa shape index (κ1) is 15.6. The number of rotatable bonds is 1. The van der Waals surface area contributed by atoms with Crippen LogP contribution in [0.15, 0.2) is 63.3 Å². The van der Waals surface area contributed by atoms with Gasteiger partial charge < -0.3 is 10.0 Å². The standard InChI is InChI=1S/C21H16N4O2/c1-25(2)18-12-8-4-3-7-11(12)15-16(17(18)21(27)24-20(15)26)19-22-13-9-5-6-10-14(13)23-19/h3-10H,1-2H3,(H2,24,26,27). The van der Waals surface area contributed by atoms with Crippen molar-refractivity contribution < 1.29 is 5.11 Å². The summed E-state index contributed by atoms with van der Waals surface area (Å²) in [5.74, 6) is 0.266. The average Bonchev–Trinajstić information content (AvgIpc) is 3.08. The van der Waals surface area contributed by atoms with Crippen LogP contribution in [0.4, 0.5) is 5.69 Å². The van der Waals surface area contributed by atoms with E-state index in [9.17, 15) is 9.90 Å². The van der Waals surface area contributed by atoms with E-state index in [1.807, 2.05) is 67.5 Å². The normalized spacial score (nSPS) is 12.9. The molecule has 132 valence electrons. The Hall–Kier alpha value is -3.67. The van der Waals surface area contributed by atoms with Crippen molar-refractivity contribution in [3.63, 3.8) is 0 Å². The summed E-state index contributed by atoms with van der Waals surface area (Å²) in [5, 5.41) is 15.5. The third kappa shape index (κ3) is 2.10. The van der Waals surface area contributed by atoms with Gasteiger partial charge >= 0.3 is 0 Å². The van der Waals surface area contributed by atoms with Crippen molar-refractivity contribution in [3.8, 4) is 5.88 Å². The number of pyridine rings is 1. The highest BCUT2D eigenvalue weighted by Gasteiger charge is 2.21. The third-order valence-corrected chi connectivity index (χ3v) is 4.89. The predicted molar refractivity (Wildman–Crippen MR) is 105 cm³/mol. The van der Waals surface area contributed by atoms with Crippen LogP contribution in [0, 0.1) is 0 Å². The molecule has 0 spiro atoms. The lowest BCUT2D eigenvalue weighted by molar-refractivity contribution is 0.458. The molecule has 0 amide bonds. The number of benzene rings is 3. The van der Waals surface area contributed by atoms with E-state index in [0.29, 0.717) is 21.8 Å². The lowest BCUT2D eigenvalue weighted by Crippen LogP contribution is -2.24. The molecule has 4 aromatic rings. The van der Waals surface area contributed by atoms with E-state index in [1.165, 1.54) is 0 Å². The van der Waals surface area contributed by atoms with Gasteiger partial charge in [-0.25, -0.2) is 9.98 Å². The highest BCUT2D eigenvalue weighted by Crippen LogP contribution is 2.34.